The lowest BCUT2D eigenvalue weighted by atomic mass is 10.2. The number of fused-ring (bicyclic) bond motifs is 1. The van der Waals surface area contributed by atoms with Crippen LogP contribution in [-0.4, -0.2) is 37.1 Å². The van der Waals surface area contributed by atoms with Crippen molar-refractivity contribution < 1.29 is 14.7 Å². The summed E-state index contributed by atoms with van der Waals surface area (Å²) in [5.74, 6) is -0.273. The number of carboxylic acid groups (broad SMARTS) is 1. The van der Waals surface area contributed by atoms with E-state index in [1.54, 1.807) is 22.9 Å². The molecular weight excluding hydrogens is 320 g/mol. The topological polar surface area (TPSA) is 89.2 Å². The monoisotopic (exact) mass is 340 g/mol. The molecule has 0 fully saturated rings. The van der Waals surface area contributed by atoms with Crippen LogP contribution >= 0.6 is 0 Å². The maximum Gasteiger partial charge on any atom is 0.337 e. The first kappa shape index (κ1) is 16.8. The lowest BCUT2D eigenvalue weighted by Gasteiger charge is -2.14. The van der Waals surface area contributed by atoms with E-state index >= 15 is 0 Å². The number of hydrogen-bond acceptors (Lipinski definition) is 3. The van der Waals surface area contributed by atoms with Crippen molar-refractivity contribution in [2.45, 2.75) is 25.9 Å². The number of aryl methyl sites for hydroxylation is 1. The van der Waals surface area contributed by atoms with E-state index < -0.39 is 5.97 Å². The Morgan fingerprint density at radius 1 is 1.32 bits per heavy atom. The first-order chi connectivity index (χ1) is 12.0. The summed E-state index contributed by atoms with van der Waals surface area (Å²) in [5, 5.41) is 12.9. The normalized spacial score (nSPS) is 12.2. The molecule has 0 aliphatic heterocycles. The summed E-state index contributed by atoms with van der Waals surface area (Å²) in [4.78, 5) is 28.0. The van der Waals surface area contributed by atoms with Gasteiger partial charge in [-0.2, -0.15) is 0 Å². The standard InChI is InChI=1S/C18H20N4O3/c1-12(9-16-19-7-8-21(16)2)20-17(23)11-22-10-14(18(24)25)13-5-3-4-6-15(13)22/h3-8,10,12H,9,11H2,1-2H3,(H,20,23)(H,24,25). The fourth-order valence-electron chi connectivity index (χ4n) is 2.94. The fourth-order valence-corrected chi connectivity index (χ4v) is 2.94. The maximum atomic E-state index is 12.4. The van der Waals surface area contributed by atoms with Crippen molar-refractivity contribution in [3.8, 4) is 0 Å². The SMILES string of the molecule is CC(Cc1nccn1C)NC(=O)Cn1cc(C(=O)O)c2ccccc21. The Bertz CT molecular complexity index is 925. The van der Waals surface area contributed by atoms with Gasteiger partial charge in [0.15, 0.2) is 0 Å². The van der Waals surface area contributed by atoms with Crippen molar-refractivity contribution >= 4 is 22.8 Å². The van der Waals surface area contributed by atoms with Gasteiger partial charge in [-0.15, -0.1) is 0 Å². The second-order valence-corrected chi connectivity index (χ2v) is 6.12. The molecule has 0 saturated carbocycles. The summed E-state index contributed by atoms with van der Waals surface area (Å²) >= 11 is 0. The molecule has 7 nitrogen and oxygen atoms in total. The van der Waals surface area contributed by atoms with Gasteiger partial charge in [-0.1, -0.05) is 18.2 Å². The number of carbonyl (C=O) groups excluding carboxylic acids is 1. The van der Waals surface area contributed by atoms with Crippen LogP contribution in [0.1, 0.15) is 23.1 Å². The minimum Gasteiger partial charge on any atom is -0.478 e. The van der Waals surface area contributed by atoms with Crippen LogP contribution < -0.4 is 5.32 Å². The van der Waals surface area contributed by atoms with E-state index in [-0.39, 0.29) is 24.1 Å². The number of benzene rings is 1. The third-order valence-corrected chi connectivity index (χ3v) is 4.15. The van der Waals surface area contributed by atoms with Gasteiger partial charge in [0.2, 0.25) is 5.91 Å². The Labute approximate surface area is 144 Å². The lowest BCUT2D eigenvalue weighted by molar-refractivity contribution is -0.122. The molecule has 0 bridgehead atoms. The van der Waals surface area contributed by atoms with Gasteiger partial charge in [0.05, 0.1) is 5.56 Å². The third-order valence-electron chi connectivity index (χ3n) is 4.15. The van der Waals surface area contributed by atoms with Gasteiger partial charge in [-0.3, -0.25) is 4.79 Å². The summed E-state index contributed by atoms with van der Waals surface area (Å²) in [5.41, 5.74) is 0.927. The number of nitrogens with one attached hydrogen (secondary N) is 1. The molecule has 1 aromatic carbocycles. The molecule has 3 rings (SSSR count). The number of rotatable bonds is 6. The lowest BCUT2D eigenvalue weighted by Crippen LogP contribution is -2.36. The van der Waals surface area contributed by atoms with Crippen molar-refractivity contribution in [3.05, 3.63) is 54.2 Å². The van der Waals surface area contributed by atoms with Gasteiger partial charge in [0.25, 0.3) is 0 Å². The molecule has 0 saturated heterocycles. The molecule has 25 heavy (non-hydrogen) atoms. The van der Waals surface area contributed by atoms with E-state index in [1.165, 1.54) is 6.20 Å². The van der Waals surface area contributed by atoms with Gasteiger partial charge < -0.3 is 19.6 Å². The number of aromatic carboxylic acids is 1. The maximum absolute atomic E-state index is 12.4. The number of amides is 1. The van der Waals surface area contributed by atoms with Gasteiger partial charge in [0.1, 0.15) is 12.4 Å². The number of nitrogens with zero attached hydrogens (tertiary/aromatic N) is 3. The molecule has 2 N–H and O–H groups in total. The number of para-hydroxylation sites is 1. The first-order valence-corrected chi connectivity index (χ1v) is 8.02. The van der Waals surface area contributed by atoms with E-state index in [0.717, 1.165) is 11.3 Å². The van der Waals surface area contributed by atoms with Crippen LogP contribution in [0.4, 0.5) is 0 Å². The molecule has 0 radical (unpaired) electrons. The van der Waals surface area contributed by atoms with Gasteiger partial charge in [0, 0.05) is 49.0 Å². The highest BCUT2D eigenvalue weighted by molar-refractivity contribution is 6.03. The van der Waals surface area contributed by atoms with E-state index in [4.69, 9.17) is 0 Å². The zero-order chi connectivity index (χ0) is 18.0. The predicted octanol–water partition coefficient (Wildman–Crippen LogP) is 1.82. The fraction of sp³-hybridized carbons (Fsp3) is 0.278. The molecule has 1 unspecified atom stereocenters. The Hall–Kier alpha value is -3.09. The highest BCUT2D eigenvalue weighted by Crippen LogP contribution is 2.21. The van der Waals surface area contributed by atoms with Gasteiger partial charge in [-0.05, 0) is 13.0 Å². The minimum absolute atomic E-state index is 0.0682. The van der Waals surface area contributed by atoms with Crippen LogP contribution in [0, 0.1) is 0 Å². The molecule has 2 heterocycles. The van der Waals surface area contributed by atoms with Crippen LogP contribution in [0.15, 0.2) is 42.9 Å². The van der Waals surface area contributed by atoms with E-state index in [1.807, 2.05) is 36.9 Å². The second-order valence-electron chi connectivity index (χ2n) is 6.12. The predicted molar refractivity (Wildman–Crippen MR) is 93.4 cm³/mol. The average Bonchev–Trinajstić information content (AvgIpc) is 3.12. The van der Waals surface area contributed by atoms with Crippen molar-refractivity contribution in [3.63, 3.8) is 0 Å². The largest absolute Gasteiger partial charge is 0.478 e. The third kappa shape index (κ3) is 3.55. The number of carboxylic acids is 1. The molecule has 3 aromatic rings. The van der Waals surface area contributed by atoms with Crippen LogP contribution in [0.2, 0.25) is 0 Å². The van der Waals surface area contributed by atoms with E-state index in [9.17, 15) is 14.7 Å². The molecule has 2 aromatic heterocycles. The van der Waals surface area contributed by atoms with Crippen LogP contribution in [-0.2, 0) is 24.8 Å². The summed E-state index contributed by atoms with van der Waals surface area (Å²) < 4.78 is 3.59. The Morgan fingerprint density at radius 3 is 2.76 bits per heavy atom. The second kappa shape index (κ2) is 6.80. The smallest absolute Gasteiger partial charge is 0.337 e. The zero-order valence-corrected chi connectivity index (χ0v) is 14.1. The molecule has 1 atom stereocenters. The zero-order valence-electron chi connectivity index (χ0n) is 14.1. The van der Waals surface area contributed by atoms with Crippen molar-refractivity contribution in [1.82, 2.24) is 19.4 Å². The van der Waals surface area contributed by atoms with Gasteiger partial charge in [-0.25, -0.2) is 9.78 Å². The molecule has 130 valence electrons. The highest BCUT2D eigenvalue weighted by atomic mass is 16.4. The van der Waals surface area contributed by atoms with Crippen LogP contribution in [0.25, 0.3) is 10.9 Å². The number of aromatic nitrogens is 3. The van der Waals surface area contributed by atoms with Crippen molar-refractivity contribution in [2.75, 3.05) is 0 Å². The Morgan fingerprint density at radius 2 is 2.08 bits per heavy atom. The number of imidazole rings is 1. The molecule has 7 heteroatoms. The van der Waals surface area contributed by atoms with Crippen LogP contribution in [0.3, 0.4) is 0 Å². The van der Waals surface area contributed by atoms with E-state index in [0.29, 0.717) is 11.8 Å². The van der Waals surface area contributed by atoms with E-state index in [2.05, 4.69) is 10.3 Å². The highest BCUT2D eigenvalue weighted by Gasteiger charge is 2.16. The number of hydrogen-bond donors (Lipinski definition) is 2. The Balaban J connectivity index is 1.72. The first-order valence-electron chi connectivity index (χ1n) is 8.02. The summed E-state index contributed by atoms with van der Waals surface area (Å²) in [6.07, 6.45) is 5.73. The molecule has 0 aliphatic rings. The minimum atomic E-state index is -1.00. The molecular formula is C18H20N4O3. The molecule has 1 amide bonds. The summed E-state index contributed by atoms with van der Waals surface area (Å²) in [6.45, 7) is 1.99. The van der Waals surface area contributed by atoms with Gasteiger partial charge >= 0.3 is 5.97 Å². The quantitative estimate of drug-likeness (QED) is 0.716. The summed E-state index contributed by atoms with van der Waals surface area (Å²) in [6, 6.07) is 7.10. The van der Waals surface area contributed by atoms with Crippen molar-refractivity contribution in [2.24, 2.45) is 7.05 Å². The van der Waals surface area contributed by atoms with Crippen molar-refractivity contribution in [1.29, 1.82) is 0 Å². The van der Waals surface area contributed by atoms with Crippen LogP contribution in [0.5, 0.6) is 0 Å². The Kier molecular flexibility index (Phi) is 4.56. The molecule has 0 spiro atoms. The number of carbonyl (C=O) groups is 2. The molecule has 0 aliphatic carbocycles. The summed E-state index contributed by atoms with van der Waals surface area (Å²) in [7, 11) is 1.91. The average molecular weight is 340 g/mol.